The van der Waals surface area contributed by atoms with Crippen molar-refractivity contribution in [3.8, 4) is 11.8 Å². The fourth-order valence-corrected chi connectivity index (χ4v) is 2.35. The van der Waals surface area contributed by atoms with Gasteiger partial charge in [0.1, 0.15) is 6.61 Å². The Morgan fingerprint density at radius 2 is 2.11 bits per heavy atom. The van der Waals surface area contributed by atoms with Crippen molar-refractivity contribution in [2.45, 2.75) is 26.3 Å². The van der Waals surface area contributed by atoms with Crippen molar-refractivity contribution in [3.63, 3.8) is 0 Å². The maximum absolute atomic E-state index is 12.0. The molecule has 0 aromatic heterocycles. The largest absolute Gasteiger partial charge is 0.384 e. The molecule has 3 nitrogen and oxygen atoms in total. The van der Waals surface area contributed by atoms with Gasteiger partial charge >= 0.3 is 0 Å². The summed E-state index contributed by atoms with van der Waals surface area (Å²) in [5.74, 6) is 5.90. The smallest absolute Gasteiger partial charge is 0.225 e. The Hall–Kier alpha value is -1.79. The van der Waals surface area contributed by atoms with Gasteiger partial charge in [-0.15, -0.1) is 0 Å². The fraction of sp³-hybridized carbons (Fsp3) is 0.438. The van der Waals surface area contributed by atoms with Crippen LogP contribution in [-0.2, 0) is 11.3 Å². The first-order chi connectivity index (χ1) is 9.20. The van der Waals surface area contributed by atoms with Gasteiger partial charge in [-0.2, -0.15) is 0 Å². The van der Waals surface area contributed by atoms with Crippen LogP contribution in [0.25, 0.3) is 0 Å². The Bertz CT molecular complexity index is 496. The van der Waals surface area contributed by atoms with Crippen molar-refractivity contribution in [2.24, 2.45) is 5.92 Å². The second kappa shape index (κ2) is 6.40. The molecule has 1 aliphatic rings. The van der Waals surface area contributed by atoms with Crippen molar-refractivity contribution in [2.75, 3.05) is 13.2 Å². The third-order valence-electron chi connectivity index (χ3n) is 3.44. The number of aliphatic hydroxyl groups excluding tert-OH is 1. The van der Waals surface area contributed by atoms with E-state index in [9.17, 15) is 4.79 Å². The SMILES string of the molecule is CC1CCCN(Cc2ccc(C#CCO)cc2)C1=O. The lowest BCUT2D eigenvalue weighted by Gasteiger charge is -2.30. The Labute approximate surface area is 114 Å². The van der Waals surface area contributed by atoms with Crippen molar-refractivity contribution >= 4 is 5.91 Å². The number of piperidine rings is 1. The van der Waals surface area contributed by atoms with E-state index in [0.717, 1.165) is 30.5 Å². The Balaban J connectivity index is 2.01. The highest BCUT2D eigenvalue weighted by molar-refractivity contribution is 5.79. The predicted octanol–water partition coefficient (Wildman–Crippen LogP) is 1.79. The van der Waals surface area contributed by atoms with Crippen molar-refractivity contribution in [1.29, 1.82) is 0 Å². The lowest BCUT2D eigenvalue weighted by Crippen LogP contribution is -2.39. The van der Waals surface area contributed by atoms with Crippen LogP contribution < -0.4 is 0 Å². The van der Waals surface area contributed by atoms with Crippen molar-refractivity contribution in [3.05, 3.63) is 35.4 Å². The molecule has 1 unspecified atom stereocenters. The monoisotopic (exact) mass is 257 g/mol. The Kier molecular flexibility index (Phi) is 4.59. The summed E-state index contributed by atoms with van der Waals surface area (Å²) in [6.45, 7) is 3.41. The molecule has 100 valence electrons. The van der Waals surface area contributed by atoms with Gasteiger partial charge in [-0.3, -0.25) is 4.79 Å². The summed E-state index contributed by atoms with van der Waals surface area (Å²) in [7, 11) is 0. The molecule has 0 bridgehead atoms. The fourth-order valence-electron chi connectivity index (χ4n) is 2.35. The molecule has 1 aromatic carbocycles. The van der Waals surface area contributed by atoms with E-state index < -0.39 is 0 Å². The van der Waals surface area contributed by atoms with E-state index in [4.69, 9.17) is 5.11 Å². The number of carbonyl (C=O) groups excluding carboxylic acids is 1. The zero-order valence-corrected chi connectivity index (χ0v) is 11.2. The lowest BCUT2D eigenvalue weighted by atomic mass is 9.98. The molecule has 0 saturated carbocycles. The number of nitrogens with zero attached hydrogens (tertiary/aromatic N) is 1. The van der Waals surface area contributed by atoms with Crippen molar-refractivity contribution < 1.29 is 9.90 Å². The summed E-state index contributed by atoms with van der Waals surface area (Å²) >= 11 is 0. The minimum absolute atomic E-state index is 0.123. The first kappa shape index (κ1) is 13.6. The molecule has 19 heavy (non-hydrogen) atoms. The standard InChI is InChI=1S/C16H19NO2/c1-13-4-2-10-17(16(13)19)12-15-8-6-14(7-9-15)5-3-11-18/h6-9,13,18H,2,4,10-12H2,1H3. The summed E-state index contributed by atoms with van der Waals surface area (Å²) in [4.78, 5) is 13.9. The van der Waals surface area contributed by atoms with E-state index in [1.807, 2.05) is 36.1 Å². The maximum Gasteiger partial charge on any atom is 0.225 e. The number of carbonyl (C=O) groups is 1. The minimum atomic E-state index is -0.123. The van der Waals surface area contributed by atoms with Gasteiger partial charge in [0.15, 0.2) is 0 Å². The van der Waals surface area contributed by atoms with Crippen LogP contribution in [0.5, 0.6) is 0 Å². The average Bonchev–Trinajstić information content (AvgIpc) is 2.43. The van der Waals surface area contributed by atoms with E-state index in [1.165, 1.54) is 0 Å². The van der Waals surface area contributed by atoms with Gasteiger partial charge < -0.3 is 10.0 Å². The van der Waals surface area contributed by atoms with Gasteiger partial charge in [0.2, 0.25) is 5.91 Å². The van der Waals surface area contributed by atoms with E-state index >= 15 is 0 Å². The number of amides is 1. The number of rotatable bonds is 2. The van der Waals surface area contributed by atoms with Crippen LogP contribution >= 0.6 is 0 Å². The van der Waals surface area contributed by atoms with Crippen LogP contribution in [0, 0.1) is 17.8 Å². The summed E-state index contributed by atoms with van der Waals surface area (Å²) in [5.41, 5.74) is 2.01. The molecule has 2 rings (SSSR count). The first-order valence-electron chi connectivity index (χ1n) is 6.68. The number of benzene rings is 1. The van der Waals surface area contributed by atoms with Crippen LogP contribution in [0.4, 0.5) is 0 Å². The summed E-state index contributed by atoms with van der Waals surface area (Å²) in [5, 5.41) is 8.63. The van der Waals surface area contributed by atoms with Gasteiger partial charge in [0, 0.05) is 24.6 Å². The lowest BCUT2D eigenvalue weighted by molar-refractivity contribution is -0.138. The van der Waals surface area contributed by atoms with Crippen molar-refractivity contribution in [1.82, 2.24) is 4.90 Å². The van der Waals surface area contributed by atoms with Crippen LogP contribution in [0.2, 0.25) is 0 Å². The Morgan fingerprint density at radius 3 is 2.79 bits per heavy atom. The number of hydrogen-bond acceptors (Lipinski definition) is 2. The third kappa shape index (κ3) is 3.59. The predicted molar refractivity (Wildman–Crippen MR) is 74.2 cm³/mol. The zero-order chi connectivity index (χ0) is 13.7. The maximum atomic E-state index is 12.0. The third-order valence-corrected chi connectivity index (χ3v) is 3.44. The van der Waals surface area contributed by atoms with Crippen LogP contribution in [0.3, 0.4) is 0 Å². The zero-order valence-electron chi connectivity index (χ0n) is 11.2. The highest BCUT2D eigenvalue weighted by Gasteiger charge is 2.24. The molecular weight excluding hydrogens is 238 g/mol. The highest BCUT2D eigenvalue weighted by atomic mass is 16.2. The normalized spacial score (nSPS) is 18.9. The molecule has 1 saturated heterocycles. The van der Waals surface area contributed by atoms with Gasteiger partial charge in [-0.1, -0.05) is 30.9 Å². The molecule has 1 amide bonds. The van der Waals surface area contributed by atoms with E-state index in [-0.39, 0.29) is 18.4 Å². The second-order valence-corrected chi connectivity index (χ2v) is 4.96. The molecule has 1 atom stereocenters. The first-order valence-corrected chi connectivity index (χ1v) is 6.68. The number of likely N-dealkylation sites (tertiary alicyclic amines) is 1. The van der Waals surface area contributed by atoms with Gasteiger partial charge in [-0.25, -0.2) is 0 Å². The van der Waals surface area contributed by atoms with Gasteiger partial charge in [0.05, 0.1) is 0 Å². The van der Waals surface area contributed by atoms with E-state index in [2.05, 4.69) is 11.8 Å². The molecule has 0 radical (unpaired) electrons. The molecule has 1 aromatic rings. The van der Waals surface area contributed by atoms with Gasteiger partial charge in [0.25, 0.3) is 0 Å². The molecule has 0 spiro atoms. The molecule has 1 N–H and O–H groups in total. The highest BCUT2D eigenvalue weighted by Crippen LogP contribution is 2.19. The molecule has 1 fully saturated rings. The molecule has 1 heterocycles. The summed E-state index contributed by atoms with van der Waals surface area (Å²) in [6, 6.07) is 7.84. The van der Waals surface area contributed by atoms with Crippen LogP contribution in [0.1, 0.15) is 30.9 Å². The quantitative estimate of drug-likeness (QED) is 0.821. The Morgan fingerprint density at radius 1 is 1.37 bits per heavy atom. The molecule has 3 heteroatoms. The summed E-state index contributed by atoms with van der Waals surface area (Å²) < 4.78 is 0. The second-order valence-electron chi connectivity index (χ2n) is 4.96. The van der Waals surface area contributed by atoms with Crippen LogP contribution in [-0.4, -0.2) is 29.1 Å². The van der Waals surface area contributed by atoms with Gasteiger partial charge in [-0.05, 0) is 30.5 Å². The van der Waals surface area contributed by atoms with E-state index in [1.54, 1.807) is 0 Å². The van der Waals surface area contributed by atoms with E-state index in [0.29, 0.717) is 6.54 Å². The molecule has 1 aliphatic heterocycles. The summed E-state index contributed by atoms with van der Waals surface area (Å²) in [6.07, 6.45) is 2.10. The molecule has 0 aliphatic carbocycles. The average molecular weight is 257 g/mol. The number of hydrogen-bond donors (Lipinski definition) is 1. The topological polar surface area (TPSA) is 40.5 Å². The van der Waals surface area contributed by atoms with Crippen LogP contribution in [0.15, 0.2) is 24.3 Å². The minimum Gasteiger partial charge on any atom is -0.384 e. The molecular formula is C16H19NO2. The number of aliphatic hydroxyl groups is 1.